The maximum atomic E-state index is 13.9. The molecule has 0 radical (unpaired) electrons. The van der Waals surface area contributed by atoms with Crippen LogP contribution in [0.3, 0.4) is 0 Å². The van der Waals surface area contributed by atoms with Crippen LogP contribution in [0.5, 0.6) is 17.2 Å². The number of hydrogen-bond acceptors (Lipinski definition) is 8. The van der Waals surface area contributed by atoms with Gasteiger partial charge in [-0.05, 0) is 61.7 Å². The summed E-state index contributed by atoms with van der Waals surface area (Å²) < 4.78 is 20.0. The van der Waals surface area contributed by atoms with Gasteiger partial charge in [0.15, 0.2) is 17.3 Å². The Morgan fingerprint density at radius 1 is 0.804 bits per heavy atom. The summed E-state index contributed by atoms with van der Waals surface area (Å²) in [4.78, 5) is 29.7. The molecule has 0 spiro atoms. The molecule has 1 aliphatic heterocycles. The number of piperazine rings is 1. The predicted octanol–water partition coefficient (Wildman–Crippen LogP) is 3.06. The number of carbonyl (C=O) groups excluding carboxylic acids is 2. The van der Waals surface area contributed by atoms with Gasteiger partial charge in [-0.25, -0.2) is 0 Å². The van der Waals surface area contributed by atoms with E-state index in [0.717, 1.165) is 67.0 Å². The maximum absolute atomic E-state index is 13.9. The van der Waals surface area contributed by atoms with Crippen molar-refractivity contribution in [2.24, 2.45) is 0 Å². The first-order chi connectivity index (χ1) is 24.3. The van der Waals surface area contributed by atoms with E-state index in [9.17, 15) is 14.7 Å². The number of ether oxygens (including phenoxy) is 3. The van der Waals surface area contributed by atoms with Crippen molar-refractivity contribution in [2.45, 2.75) is 38.8 Å². The molecule has 4 aromatic carbocycles. The van der Waals surface area contributed by atoms with Crippen LogP contribution in [0.4, 0.5) is 5.69 Å². The number of anilines is 1. The first kappa shape index (κ1) is 38.6. The molecule has 0 saturated carbocycles. The molecule has 0 unspecified atom stereocenters. The van der Waals surface area contributed by atoms with Crippen LogP contribution in [0.2, 0.25) is 0 Å². The van der Waals surface area contributed by atoms with Gasteiger partial charge in [0.05, 0.1) is 19.9 Å². The molecule has 2 heterocycles. The van der Waals surface area contributed by atoms with Crippen LogP contribution in [0.15, 0.2) is 97.2 Å². The van der Waals surface area contributed by atoms with Crippen molar-refractivity contribution in [2.75, 3.05) is 51.8 Å². The standard InChI is InChI=1S/C41H45N3O6.K/c1-29-14-16-30(17-15-29)36(20-22-42-23-25-43(26-24-42)35-11-6-7-12-37(35)48-2)50-38-19-18-31(27-39(38)49-3)41(47)33-28-44(21-8-13-40(45)46)34-10-5-4-9-32(33)34;/h4-7,9-12,14-19,27-28,36H,8,13,20-26H2,1-3H3,(H,45,46);/q;+1/p-1/t36-;/m1./s1. The van der Waals surface area contributed by atoms with Gasteiger partial charge < -0.3 is 33.6 Å². The summed E-state index contributed by atoms with van der Waals surface area (Å²) in [5.41, 5.74) is 5.30. The van der Waals surface area contributed by atoms with E-state index >= 15 is 0 Å². The number of para-hydroxylation sites is 3. The Kier molecular flexibility index (Phi) is 13.8. The molecule has 6 rings (SSSR count). The molecular weight excluding hydrogens is 670 g/mol. The van der Waals surface area contributed by atoms with E-state index in [4.69, 9.17) is 14.2 Å². The number of carbonyl (C=O) groups is 2. The average Bonchev–Trinajstić information content (AvgIpc) is 3.52. The number of benzene rings is 4. The second-order valence-electron chi connectivity index (χ2n) is 12.7. The Morgan fingerprint density at radius 2 is 1.51 bits per heavy atom. The van der Waals surface area contributed by atoms with Gasteiger partial charge in [0, 0.05) is 79.9 Å². The number of carboxylic acids is 1. The van der Waals surface area contributed by atoms with E-state index in [1.54, 1.807) is 26.4 Å². The number of ketones is 1. The van der Waals surface area contributed by atoms with Crippen LogP contribution < -0.4 is 75.6 Å². The van der Waals surface area contributed by atoms with Crippen LogP contribution in [0.25, 0.3) is 10.9 Å². The number of fused-ring (bicyclic) bond motifs is 1. The summed E-state index contributed by atoms with van der Waals surface area (Å²) in [6.07, 6.45) is 2.73. The molecule has 1 aromatic heterocycles. The van der Waals surface area contributed by atoms with E-state index in [1.807, 2.05) is 53.2 Å². The average molecular weight is 714 g/mol. The number of rotatable bonds is 15. The molecule has 1 saturated heterocycles. The van der Waals surface area contributed by atoms with Crippen molar-refractivity contribution in [3.05, 3.63) is 119 Å². The fraction of sp³-hybridized carbons (Fsp3) is 0.317. The van der Waals surface area contributed by atoms with Gasteiger partial charge in [-0.15, -0.1) is 0 Å². The van der Waals surface area contributed by atoms with Crippen molar-refractivity contribution in [3.63, 3.8) is 0 Å². The fourth-order valence-corrected chi connectivity index (χ4v) is 6.70. The van der Waals surface area contributed by atoms with E-state index in [0.29, 0.717) is 35.6 Å². The van der Waals surface area contributed by atoms with Crippen LogP contribution in [0, 0.1) is 6.92 Å². The minimum absolute atomic E-state index is 0. The topological polar surface area (TPSA) is 96.3 Å². The normalized spacial score (nSPS) is 13.7. The van der Waals surface area contributed by atoms with Crippen molar-refractivity contribution in [1.29, 1.82) is 0 Å². The molecule has 9 nitrogen and oxygen atoms in total. The van der Waals surface area contributed by atoms with Gasteiger partial charge >= 0.3 is 51.4 Å². The SMILES string of the molecule is COc1cc(C(=O)c2cn(CCCC(=O)[O-])c3ccccc23)ccc1O[C@H](CCN1CCN(c2ccccc2OC)CC1)c1ccc(C)cc1.[K+]. The Balaban J connectivity index is 0.00000504. The van der Waals surface area contributed by atoms with Crippen LogP contribution in [-0.4, -0.2) is 68.2 Å². The summed E-state index contributed by atoms with van der Waals surface area (Å²) in [6.45, 7) is 7.11. The number of carboxylic acid groups (broad SMARTS) is 1. The molecule has 0 aliphatic carbocycles. The van der Waals surface area contributed by atoms with Gasteiger partial charge in [-0.2, -0.15) is 0 Å². The Labute approximate surface area is 342 Å². The maximum Gasteiger partial charge on any atom is 1.00 e. The predicted molar refractivity (Wildman–Crippen MR) is 193 cm³/mol. The summed E-state index contributed by atoms with van der Waals surface area (Å²) in [5.74, 6) is 0.719. The van der Waals surface area contributed by atoms with Crippen molar-refractivity contribution >= 4 is 28.3 Å². The first-order valence-electron chi connectivity index (χ1n) is 17.2. The number of aliphatic carboxylic acids is 1. The monoisotopic (exact) mass is 713 g/mol. The second-order valence-corrected chi connectivity index (χ2v) is 12.7. The van der Waals surface area contributed by atoms with Crippen molar-refractivity contribution in [1.82, 2.24) is 9.47 Å². The zero-order valence-electron chi connectivity index (χ0n) is 30.0. The van der Waals surface area contributed by atoms with Gasteiger partial charge in [0.1, 0.15) is 11.9 Å². The molecule has 260 valence electrons. The summed E-state index contributed by atoms with van der Waals surface area (Å²) in [5, 5.41) is 11.8. The quantitative estimate of drug-likeness (QED) is 0.121. The van der Waals surface area contributed by atoms with Gasteiger partial charge in [-0.1, -0.05) is 60.2 Å². The van der Waals surface area contributed by atoms with Gasteiger partial charge in [0.25, 0.3) is 0 Å². The number of aromatic nitrogens is 1. The van der Waals surface area contributed by atoms with Crippen LogP contribution >= 0.6 is 0 Å². The molecule has 1 fully saturated rings. The smallest absolute Gasteiger partial charge is 0.550 e. The molecule has 51 heavy (non-hydrogen) atoms. The number of aryl methyl sites for hydroxylation is 2. The molecular formula is C41H44KN3O6. The zero-order valence-corrected chi connectivity index (χ0v) is 33.1. The summed E-state index contributed by atoms with van der Waals surface area (Å²) >= 11 is 0. The molecule has 0 N–H and O–H groups in total. The first-order valence-corrected chi connectivity index (χ1v) is 17.2. The molecule has 1 aliphatic rings. The van der Waals surface area contributed by atoms with Gasteiger partial charge in [0.2, 0.25) is 0 Å². The van der Waals surface area contributed by atoms with Crippen molar-refractivity contribution in [3.8, 4) is 17.2 Å². The number of hydrogen-bond donors (Lipinski definition) is 0. The summed E-state index contributed by atoms with van der Waals surface area (Å²) in [7, 11) is 3.30. The van der Waals surface area contributed by atoms with E-state index in [1.165, 1.54) is 5.56 Å². The number of methoxy groups -OCH3 is 2. The summed E-state index contributed by atoms with van der Waals surface area (Å²) in [6, 6.07) is 29.6. The van der Waals surface area contributed by atoms with Crippen molar-refractivity contribution < 1.29 is 80.3 Å². The van der Waals surface area contributed by atoms with E-state index < -0.39 is 5.97 Å². The largest absolute Gasteiger partial charge is 1.00 e. The third kappa shape index (κ3) is 9.43. The van der Waals surface area contributed by atoms with E-state index in [2.05, 4.69) is 53.1 Å². The number of nitrogens with zero attached hydrogens (tertiary/aromatic N) is 3. The molecule has 10 heteroatoms. The minimum Gasteiger partial charge on any atom is -0.550 e. The molecule has 0 bridgehead atoms. The van der Waals surface area contributed by atoms with Gasteiger partial charge in [-0.3, -0.25) is 9.69 Å². The third-order valence-electron chi connectivity index (χ3n) is 9.46. The molecule has 5 aromatic rings. The van der Waals surface area contributed by atoms with Crippen LogP contribution in [-0.2, 0) is 11.3 Å². The Hall–Kier alpha value is -3.64. The van der Waals surface area contributed by atoms with E-state index in [-0.39, 0.29) is 69.7 Å². The second kappa shape index (κ2) is 18.2. The third-order valence-corrected chi connectivity index (χ3v) is 9.46. The zero-order chi connectivity index (χ0) is 35.0. The molecule has 0 amide bonds. The Morgan fingerprint density at radius 3 is 2.24 bits per heavy atom. The molecule has 1 atom stereocenters. The van der Waals surface area contributed by atoms with Crippen LogP contribution in [0.1, 0.15) is 52.4 Å². The fourth-order valence-electron chi connectivity index (χ4n) is 6.70. The minimum atomic E-state index is -1.08. The Bertz CT molecular complexity index is 1930.